The van der Waals surface area contributed by atoms with Gasteiger partial charge in [-0.25, -0.2) is 9.59 Å². The van der Waals surface area contributed by atoms with Gasteiger partial charge in [-0.3, -0.25) is 9.36 Å². The predicted octanol–water partition coefficient (Wildman–Crippen LogP) is 4.35. The molecular formula is C26H20ClNO6. The van der Waals surface area contributed by atoms with E-state index < -0.39 is 17.5 Å². The molecule has 0 fully saturated rings. The third-order valence-electron chi connectivity index (χ3n) is 5.55. The molecule has 1 heterocycles. The molecule has 4 rings (SSSR count). The summed E-state index contributed by atoms with van der Waals surface area (Å²) in [5.74, 6) is -1.78. The minimum Gasteiger partial charge on any atom is -0.478 e. The predicted molar refractivity (Wildman–Crippen MR) is 128 cm³/mol. The summed E-state index contributed by atoms with van der Waals surface area (Å²) in [4.78, 5) is 37.8. The van der Waals surface area contributed by atoms with E-state index in [4.69, 9.17) is 21.4 Å². The van der Waals surface area contributed by atoms with Crippen molar-refractivity contribution < 1.29 is 24.5 Å². The molecule has 0 saturated carbocycles. The van der Waals surface area contributed by atoms with Crippen molar-refractivity contribution in [2.45, 2.75) is 13.2 Å². The number of fused-ring (bicyclic) bond motifs is 1. The number of ether oxygens (including phenoxy) is 1. The first-order valence-corrected chi connectivity index (χ1v) is 10.7. The molecular weight excluding hydrogens is 458 g/mol. The Labute approximate surface area is 199 Å². The molecule has 7 nitrogen and oxygen atoms in total. The number of hydrogen-bond donors (Lipinski definition) is 2. The van der Waals surface area contributed by atoms with E-state index in [9.17, 15) is 19.5 Å². The number of carbonyl (C=O) groups is 2. The van der Waals surface area contributed by atoms with Gasteiger partial charge in [-0.2, -0.15) is 0 Å². The van der Waals surface area contributed by atoms with Gasteiger partial charge in [0.25, 0.3) is 5.56 Å². The van der Waals surface area contributed by atoms with Crippen molar-refractivity contribution in [2.24, 2.45) is 0 Å². The lowest BCUT2D eigenvalue weighted by Crippen LogP contribution is -2.28. The van der Waals surface area contributed by atoms with Crippen LogP contribution in [0.15, 0.2) is 71.5 Å². The number of methoxy groups -OCH3 is 1. The molecule has 0 unspecified atom stereocenters. The largest absolute Gasteiger partial charge is 0.478 e. The number of nitrogens with zero attached hydrogens (tertiary/aromatic N) is 1. The van der Waals surface area contributed by atoms with Gasteiger partial charge in [0.05, 0.1) is 25.8 Å². The molecule has 0 radical (unpaired) electrons. The van der Waals surface area contributed by atoms with E-state index in [1.54, 1.807) is 54.6 Å². The van der Waals surface area contributed by atoms with Crippen LogP contribution >= 0.6 is 11.6 Å². The molecule has 4 aromatic rings. The van der Waals surface area contributed by atoms with E-state index >= 15 is 0 Å². The summed E-state index contributed by atoms with van der Waals surface area (Å²) >= 11 is 6.25. The Morgan fingerprint density at radius 3 is 2.35 bits per heavy atom. The van der Waals surface area contributed by atoms with Gasteiger partial charge in [-0.1, -0.05) is 41.9 Å². The normalized spacial score (nSPS) is 10.9. The molecule has 34 heavy (non-hydrogen) atoms. The van der Waals surface area contributed by atoms with Crippen molar-refractivity contribution in [1.82, 2.24) is 4.57 Å². The number of aliphatic hydroxyl groups excluding tert-OH is 1. The van der Waals surface area contributed by atoms with E-state index in [2.05, 4.69) is 0 Å². The number of carbonyl (C=O) groups excluding carboxylic acids is 1. The maximum atomic E-state index is 13.5. The Kier molecular flexibility index (Phi) is 6.49. The highest BCUT2D eigenvalue weighted by Gasteiger charge is 2.24. The third-order valence-corrected chi connectivity index (χ3v) is 5.79. The molecule has 0 spiro atoms. The van der Waals surface area contributed by atoms with Crippen molar-refractivity contribution in [3.63, 3.8) is 0 Å². The quantitative estimate of drug-likeness (QED) is 0.400. The highest BCUT2D eigenvalue weighted by Crippen LogP contribution is 2.33. The zero-order valence-corrected chi connectivity index (χ0v) is 18.9. The number of aliphatic hydroxyl groups is 1. The lowest BCUT2D eigenvalue weighted by molar-refractivity contribution is 0.0588. The molecule has 0 bridgehead atoms. The summed E-state index contributed by atoms with van der Waals surface area (Å²) in [5.41, 5.74) is 2.02. The maximum Gasteiger partial charge on any atom is 0.355 e. The number of aromatic carboxylic acids is 1. The van der Waals surface area contributed by atoms with Crippen molar-refractivity contribution in [3.05, 3.63) is 104 Å². The van der Waals surface area contributed by atoms with Gasteiger partial charge in [0, 0.05) is 16.0 Å². The summed E-state index contributed by atoms with van der Waals surface area (Å²) in [6.45, 7) is -0.190. The molecule has 0 aliphatic rings. The van der Waals surface area contributed by atoms with E-state index in [0.29, 0.717) is 38.0 Å². The van der Waals surface area contributed by atoms with Crippen LogP contribution in [0.25, 0.3) is 21.9 Å². The Balaban J connectivity index is 2.06. The van der Waals surface area contributed by atoms with E-state index in [1.165, 1.54) is 23.8 Å². The molecule has 1 aromatic heterocycles. The lowest BCUT2D eigenvalue weighted by Gasteiger charge is -2.19. The van der Waals surface area contributed by atoms with Crippen molar-refractivity contribution in [2.75, 3.05) is 7.11 Å². The molecule has 172 valence electrons. The Bertz CT molecular complexity index is 1470. The fourth-order valence-corrected chi connectivity index (χ4v) is 4.10. The lowest BCUT2D eigenvalue weighted by atomic mass is 9.95. The number of pyridine rings is 1. The number of carboxylic acid groups (broad SMARTS) is 1. The molecule has 2 N–H and O–H groups in total. The first kappa shape index (κ1) is 23.2. The van der Waals surface area contributed by atoms with Gasteiger partial charge in [0.2, 0.25) is 0 Å². The first-order valence-electron chi connectivity index (χ1n) is 10.3. The summed E-state index contributed by atoms with van der Waals surface area (Å²) < 4.78 is 6.38. The van der Waals surface area contributed by atoms with Crippen LogP contribution < -0.4 is 5.56 Å². The second-order valence-corrected chi connectivity index (χ2v) is 8.09. The van der Waals surface area contributed by atoms with Crippen molar-refractivity contribution in [1.29, 1.82) is 0 Å². The molecule has 3 aromatic carbocycles. The average Bonchev–Trinajstić information content (AvgIpc) is 2.85. The molecule has 8 heteroatoms. The van der Waals surface area contributed by atoms with E-state index in [0.717, 1.165) is 0 Å². The minimum atomic E-state index is -1.06. The van der Waals surface area contributed by atoms with Crippen LogP contribution in [0.1, 0.15) is 32.0 Å². The number of halogens is 1. The number of carboxylic acids is 1. The smallest absolute Gasteiger partial charge is 0.355 e. The highest BCUT2D eigenvalue weighted by molar-refractivity contribution is 6.31. The molecule has 0 amide bonds. The number of rotatable bonds is 6. The van der Waals surface area contributed by atoms with Crippen LogP contribution in [0.2, 0.25) is 5.02 Å². The van der Waals surface area contributed by atoms with E-state index in [-0.39, 0.29) is 24.4 Å². The van der Waals surface area contributed by atoms with Gasteiger partial charge in [-0.15, -0.1) is 0 Å². The Hall–Kier alpha value is -3.94. The molecule has 0 aliphatic carbocycles. The number of hydrogen-bond acceptors (Lipinski definition) is 5. The van der Waals surface area contributed by atoms with Crippen LogP contribution in [0.4, 0.5) is 0 Å². The summed E-state index contributed by atoms with van der Waals surface area (Å²) in [6, 6.07) is 17.9. The topological polar surface area (TPSA) is 106 Å². The zero-order chi connectivity index (χ0) is 24.4. The summed E-state index contributed by atoms with van der Waals surface area (Å²) in [6.07, 6.45) is 0. The van der Waals surface area contributed by atoms with E-state index in [1.807, 2.05) is 0 Å². The summed E-state index contributed by atoms with van der Waals surface area (Å²) in [5, 5.41) is 20.0. The van der Waals surface area contributed by atoms with Crippen molar-refractivity contribution in [3.8, 4) is 11.1 Å². The second-order valence-electron chi connectivity index (χ2n) is 7.66. The van der Waals surface area contributed by atoms with Crippen LogP contribution in [0.5, 0.6) is 0 Å². The van der Waals surface area contributed by atoms with Gasteiger partial charge in [-0.05, 0) is 58.5 Å². The fourth-order valence-electron chi connectivity index (χ4n) is 3.93. The minimum absolute atomic E-state index is 0.00836. The number of benzene rings is 3. The third kappa shape index (κ3) is 4.31. The first-order chi connectivity index (χ1) is 16.3. The molecule has 0 aliphatic heterocycles. The molecule has 0 saturated heterocycles. The second kappa shape index (κ2) is 9.51. The fraction of sp³-hybridized carbons (Fsp3) is 0.115. The zero-order valence-electron chi connectivity index (χ0n) is 18.1. The number of esters is 1. The monoisotopic (exact) mass is 477 g/mol. The molecule has 0 atom stereocenters. The van der Waals surface area contributed by atoms with Crippen LogP contribution in [-0.2, 0) is 17.9 Å². The van der Waals surface area contributed by atoms with Gasteiger partial charge < -0.3 is 14.9 Å². The van der Waals surface area contributed by atoms with Gasteiger partial charge >= 0.3 is 11.9 Å². The van der Waals surface area contributed by atoms with Crippen molar-refractivity contribution >= 4 is 34.3 Å². The van der Waals surface area contributed by atoms with Crippen LogP contribution in [0.3, 0.4) is 0 Å². The van der Waals surface area contributed by atoms with Gasteiger partial charge in [0.15, 0.2) is 0 Å². The Morgan fingerprint density at radius 2 is 1.71 bits per heavy atom. The standard InChI is InChI=1S/C26H20ClNO6/c1-34-26(33)23-22(18-4-2-3-16(11-18)14-29)21-12-19(27)9-10-20(21)24(30)28(23)13-15-5-7-17(8-6-15)25(31)32/h2-12,29H,13-14H2,1H3,(H,31,32). The SMILES string of the molecule is COC(=O)c1c(-c2cccc(CO)c2)c2cc(Cl)ccc2c(=O)n1Cc1ccc(C(=O)O)cc1. The number of aromatic nitrogens is 1. The highest BCUT2D eigenvalue weighted by atomic mass is 35.5. The summed E-state index contributed by atoms with van der Waals surface area (Å²) in [7, 11) is 1.23. The average molecular weight is 478 g/mol. The van der Waals surface area contributed by atoms with Gasteiger partial charge in [0.1, 0.15) is 5.69 Å². The maximum absolute atomic E-state index is 13.5. The van der Waals surface area contributed by atoms with Crippen LogP contribution in [-0.4, -0.2) is 33.8 Å². The van der Waals surface area contributed by atoms with Crippen LogP contribution in [0, 0.1) is 0 Å². The Morgan fingerprint density at radius 1 is 0.971 bits per heavy atom.